The zero-order valence-corrected chi connectivity index (χ0v) is 13.7. The fraction of sp³-hybridized carbons (Fsp3) is 0.438. The fourth-order valence-corrected chi connectivity index (χ4v) is 2.82. The SMILES string of the molecule is CCCn1ncc(Cl)c1C(NC)c1cc(C)ccc1OC. The molecule has 5 heteroatoms. The maximum atomic E-state index is 6.38. The van der Waals surface area contributed by atoms with Gasteiger partial charge in [0.15, 0.2) is 0 Å². The third-order valence-electron chi connectivity index (χ3n) is 3.53. The average Bonchev–Trinajstić information content (AvgIpc) is 2.82. The average molecular weight is 308 g/mol. The molecule has 1 atom stereocenters. The summed E-state index contributed by atoms with van der Waals surface area (Å²) < 4.78 is 7.47. The van der Waals surface area contributed by atoms with E-state index in [-0.39, 0.29) is 6.04 Å². The number of halogens is 1. The second-order valence-electron chi connectivity index (χ2n) is 5.07. The number of aryl methyl sites for hydroxylation is 2. The number of nitrogens with zero attached hydrogens (tertiary/aromatic N) is 2. The molecule has 1 unspecified atom stereocenters. The molecular formula is C16H22ClN3O. The smallest absolute Gasteiger partial charge is 0.124 e. The van der Waals surface area contributed by atoms with Crippen molar-refractivity contribution in [2.24, 2.45) is 0 Å². The molecule has 0 amide bonds. The van der Waals surface area contributed by atoms with E-state index in [0.29, 0.717) is 5.02 Å². The quantitative estimate of drug-likeness (QED) is 0.886. The minimum Gasteiger partial charge on any atom is -0.496 e. The molecule has 2 aromatic rings. The van der Waals surface area contributed by atoms with Gasteiger partial charge in [0.2, 0.25) is 0 Å². The zero-order chi connectivity index (χ0) is 15.4. The van der Waals surface area contributed by atoms with Gasteiger partial charge in [0, 0.05) is 12.1 Å². The summed E-state index contributed by atoms with van der Waals surface area (Å²) in [6, 6.07) is 6.10. The fourth-order valence-electron chi connectivity index (χ4n) is 2.57. The number of hydrogen-bond donors (Lipinski definition) is 1. The second kappa shape index (κ2) is 6.96. The molecule has 0 aliphatic rings. The lowest BCUT2D eigenvalue weighted by atomic mass is 10.00. The molecule has 0 aliphatic heterocycles. The van der Waals surface area contributed by atoms with Crippen LogP contribution in [0.5, 0.6) is 5.75 Å². The van der Waals surface area contributed by atoms with Crippen molar-refractivity contribution in [3.8, 4) is 5.75 Å². The molecule has 1 aromatic carbocycles. The Kier molecular flexibility index (Phi) is 5.26. The van der Waals surface area contributed by atoms with Gasteiger partial charge in [-0.05, 0) is 26.5 Å². The molecule has 1 aromatic heterocycles. The summed E-state index contributed by atoms with van der Waals surface area (Å²) in [5.74, 6) is 0.847. The van der Waals surface area contributed by atoms with Crippen LogP contribution in [0.3, 0.4) is 0 Å². The molecule has 0 aliphatic carbocycles. The standard InChI is InChI=1S/C16H22ClN3O/c1-5-8-20-16(13(17)10-19-20)15(18-3)12-9-11(2)6-7-14(12)21-4/h6-7,9-10,15,18H,5,8H2,1-4H3. The van der Waals surface area contributed by atoms with Gasteiger partial charge in [-0.1, -0.05) is 36.2 Å². The monoisotopic (exact) mass is 307 g/mol. The van der Waals surface area contributed by atoms with Crippen molar-refractivity contribution in [2.75, 3.05) is 14.2 Å². The Morgan fingerprint density at radius 3 is 2.81 bits per heavy atom. The van der Waals surface area contributed by atoms with Gasteiger partial charge in [0.1, 0.15) is 5.75 Å². The highest BCUT2D eigenvalue weighted by molar-refractivity contribution is 6.31. The maximum Gasteiger partial charge on any atom is 0.124 e. The van der Waals surface area contributed by atoms with Crippen molar-refractivity contribution in [3.63, 3.8) is 0 Å². The van der Waals surface area contributed by atoms with E-state index in [4.69, 9.17) is 16.3 Å². The summed E-state index contributed by atoms with van der Waals surface area (Å²) in [7, 11) is 3.61. The summed E-state index contributed by atoms with van der Waals surface area (Å²) in [5.41, 5.74) is 3.23. The van der Waals surface area contributed by atoms with Crippen molar-refractivity contribution in [1.82, 2.24) is 15.1 Å². The molecule has 0 saturated heterocycles. The van der Waals surface area contributed by atoms with Crippen LogP contribution in [0, 0.1) is 6.92 Å². The van der Waals surface area contributed by atoms with Crippen LogP contribution >= 0.6 is 11.6 Å². The van der Waals surface area contributed by atoms with Crippen molar-refractivity contribution in [3.05, 3.63) is 46.2 Å². The van der Waals surface area contributed by atoms with E-state index in [1.807, 2.05) is 23.9 Å². The highest BCUT2D eigenvalue weighted by Gasteiger charge is 2.23. The summed E-state index contributed by atoms with van der Waals surface area (Å²) in [4.78, 5) is 0. The largest absolute Gasteiger partial charge is 0.496 e. The Hall–Kier alpha value is -1.52. The number of methoxy groups -OCH3 is 1. The lowest BCUT2D eigenvalue weighted by molar-refractivity contribution is 0.403. The van der Waals surface area contributed by atoms with Crippen LogP contribution in [0.15, 0.2) is 24.4 Å². The van der Waals surface area contributed by atoms with Crippen molar-refractivity contribution in [1.29, 1.82) is 0 Å². The van der Waals surface area contributed by atoms with Gasteiger partial charge in [-0.15, -0.1) is 0 Å². The topological polar surface area (TPSA) is 39.1 Å². The number of nitrogens with one attached hydrogen (secondary N) is 1. The van der Waals surface area contributed by atoms with Gasteiger partial charge in [-0.25, -0.2) is 0 Å². The van der Waals surface area contributed by atoms with E-state index in [2.05, 4.69) is 30.3 Å². The van der Waals surface area contributed by atoms with Gasteiger partial charge in [-0.2, -0.15) is 5.10 Å². The molecule has 4 nitrogen and oxygen atoms in total. The summed E-state index contributed by atoms with van der Waals surface area (Å²) in [6.07, 6.45) is 2.71. The van der Waals surface area contributed by atoms with Crippen LogP contribution in [0.1, 0.15) is 36.2 Å². The van der Waals surface area contributed by atoms with Gasteiger partial charge in [0.25, 0.3) is 0 Å². The van der Waals surface area contributed by atoms with Gasteiger partial charge >= 0.3 is 0 Å². The van der Waals surface area contributed by atoms with Gasteiger partial charge in [-0.3, -0.25) is 4.68 Å². The lowest BCUT2D eigenvalue weighted by Crippen LogP contribution is -2.22. The van der Waals surface area contributed by atoms with Crippen molar-refractivity contribution >= 4 is 11.6 Å². The third kappa shape index (κ3) is 3.22. The molecule has 1 N–H and O–H groups in total. The maximum absolute atomic E-state index is 6.38. The van der Waals surface area contributed by atoms with Crippen molar-refractivity contribution in [2.45, 2.75) is 32.9 Å². The molecule has 0 saturated carbocycles. The van der Waals surface area contributed by atoms with Gasteiger partial charge < -0.3 is 10.1 Å². The molecule has 0 bridgehead atoms. The Bertz CT molecular complexity index is 610. The Labute approximate surface area is 131 Å². The highest BCUT2D eigenvalue weighted by Crippen LogP contribution is 2.34. The van der Waals surface area contributed by atoms with Crippen LogP contribution in [0.25, 0.3) is 0 Å². The minimum atomic E-state index is -0.0543. The first-order valence-corrected chi connectivity index (χ1v) is 7.53. The predicted octanol–water partition coefficient (Wildman–Crippen LogP) is 3.57. The van der Waals surface area contributed by atoms with Crippen LogP contribution in [-0.4, -0.2) is 23.9 Å². The van der Waals surface area contributed by atoms with E-state index in [1.54, 1.807) is 13.3 Å². The molecule has 0 radical (unpaired) electrons. The molecule has 0 spiro atoms. The molecule has 21 heavy (non-hydrogen) atoms. The Morgan fingerprint density at radius 2 is 2.19 bits per heavy atom. The highest BCUT2D eigenvalue weighted by atomic mass is 35.5. The Morgan fingerprint density at radius 1 is 1.43 bits per heavy atom. The summed E-state index contributed by atoms with van der Waals surface area (Å²) in [6.45, 7) is 5.04. The van der Waals surface area contributed by atoms with E-state index >= 15 is 0 Å². The van der Waals surface area contributed by atoms with Crippen LogP contribution in [0.4, 0.5) is 0 Å². The van der Waals surface area contributed by atoms with Crippen LogP contribution < -0.4 is 10.1 Å². The summed E-state index contributed by atoms with van der Waals surface area (Å²) in [5, 5.41) is 8.39. The third-order valence-corrected chi connectivity index (χ3v) is 3.82. The number of rotatable bonds is 6. The molecule has 2 rings (SSSR count). The normalized spacial score (nSPS) is 12.4. The van der Waals surface area contributed by atoms with Crippen LogP contribution in [-0.2, 0) is 6.54 Å². The number of ether oxygens (including phenoxy) is 1. The van der Waals surface area contributed by atoms with E-state index in [1.165, 1.54) is 5.56 Å². The molecule has 1 heterocycles. The second-order valence-corrected chi connectivity index (χ2v) is 5.48. The molecular weight excluding hydrogens is 286 g/mol. The molecule has 114 valence electrons. The molecule has 0 fully saturated rings. The number of hydrogen-bond acceptors (Lipinski definition) is 3. The van der Waals surface area contributed by atoms with Crippen LogP contribution in [0.2, 0.25) is 5.02 Å². The first kappa shape index (κ1) is 15.9. The Balaban J connectivity index is 2.54. The van der Waals surface area contributed by atoms with E-state index in [0.717, 1.165) is 30.0 Å². The summed E-state index contributed by atoms with van der Waals surface area (Å²) >= 11 is 6.38. The number of benzene rings is 1. The van der Waals surface area contributed by atoms with Crippen molar-refractivity contribution < 1.29 is 4.74 Å². The minimum absolute atomic E-state index is 0.0543. The van der Waals surface area contributed by atoms with E-state index in [9.17, 15) is 0 Å². The van der Waals surface area contributed by atoms with Gasteiger partial charge in [0.05, 0.1) is 30.1 Å². The lowest BCUT2D eigenvalue weighted by Gasteiger charge is -2.21. The van der Waals surface area contributed by atoms with E-state index < -0.39 is 0 Å². The predicted molar refractivity (Wildman–Crippen MR) is 86.2 cm³/mol. The first-order chi connectivity index (χ1) is 10.1. The first-order valence-electron chi connectivity index (χ1n) is 7.15. The zero-order valence-electron chi connectivity index (χ0n) is 13.0. The number of aromatic nitrogens is 2.